The summed E-state index contributed by atoms with van der Waals surface area (Å²) in [4.78, 5) is 16.1. The Balaban J connectivity index is 1.69. The van der Waals surface area contributed by atoms with E-state index in [4.69, 9.17) is 21.1 Å². The second-order valence-electron chi connectivity index (χ2n) is 5.23. The third-order valence-electron chi connectivity index (χ3n) is 3.51. The Kier molecular flexibility index (Phi) is 4.93. The lowest BCUT2D eigenvalue weighted by Crippen LogP contribution is -2.17. The molecule has 2 aromatic rings. The summed E-state index contributed by atoms with van der Waals surface area (Å²) in [5.74, 6) is 0.732. The normalized spacial score (nSPS) is 16.8. The van der Waals surface area contributed by atoms with E-state index in [1.54, 1.807) is 42.7 Å². The number of allylic oxidation sites excluding steroid dienone is 1. The Morgan fingerprint density at radius 3 is 2.74 bits per heavy atom. The van der Waals surface area contributed by atoms with Gasteiger partial charge in [-0.25, -0.2) is 4.79 Å². The summed E-state index contributed by atoms with van der Waals surface area (Å²) in [6.45, 7) is 0. The van der Waals surface area contributed by atoms with Crippen LogP contribution in [0.3, 0.4) is 0 Å². The number of rotatable bonds is 4. The summed E-state index contributed by atoms with van der Waals surface area (Å²) >= 11 is 6.20. The molecule has 1 aliphatic rings. The van der Waals surface area contributed by atoms with Crippen molar-refractivity contribution in [1.82, 2.24) is 4.98 Å². The molecule has 0 saturated carbocycles. The molecule has 0 spiro atoms. The fourth-order valence-electron chi connectivity index (χ4n) is 2.33. The van der Waals surface area contributed by atoms with E-state index in [9.17, 15) is 4.79 Å². The molecule has 0 radical (unpaired) electrons. The van der Waals surface area contributed by atoms with Crippen molar-refractivity contribution < 1.29 is 14.3 Å². The quantitative estimate of drug-likeness (QED) is 0.597. The minimum absolute atomic E-state index is 0.150. The predicted molar refractivity (Wildman–Crippen MR) is 88.0 cm³/mol. The van der Waals surface area contributed by atoms with Gasteiger partial charge in [0, 0.05) is 12.4 Å². The van der Waals surface area contributed by atoms with Gasteiger partial charge in [0.2, 0.25) is 0 Å². The van der Waals surface area contributed by atoms with Crippen LogP contribution in [-0.2, 0) is 4.74 Å². The third-order valence-corrected chi connectivity index (χ3v) is 3.81. The minimum Gasteiger partial charge on any atom is -0.456 e. The number of ether oxygens (including phenoxy) is 2. The second-order valence-corrected chi connectivity index (χ2v) is 5.64. The molecule has 0 bridgehead atoms. The van der Waals surface area contributed by atoms with E-state index in [1.807, 2.05) is 12.2 Å². The molecule has 23 heavy (non-hydrogen) atoms. The van der Waals surface area contributed by atoms with Crippen molar-refractivity contribution in [3.63, 3.8) is 0 Å². The van der Waals surface area contributed by atoms with Crippen molar-refractivity contribution in [3.8, 4) is 11.5 Å². The van der Waals surface area contributed by atoms with Gasteiger partial charge in [0.05, 0.1) is 10.6 Å². The van der Waals surface area contributed by atoms with Gasteiger partial charge in [-0.05, 0) is 55.7 Å². The minimum atomic E-state index is -0.376. The van der Waals surface area contributed by atoms with Crippen LogP contribution in [0.2, 0.25) is 5.02 Å². The van der Waals surface area contributed by atoms with E-state index in [-0.39, 0.29) is 12.1 Å². The zero-order valence-electron chi connectivity index (χ0n) is 12.4. The number of carbonyl (C=O) groups excluding carboxylic acids is 1. The molecule has 1 heterocycles. The van der Waals surface area contributed by atoms with Gasteiger partial charge in [0.25, 0.3) is 0 Å². The first-order valence-electron chi connectivity index (χ1n) is 7.47. The highest BCUT2D eigenvalue weighted by Crippen LogP contribution is 2.30. The first-order chi connectivity index (χ1) is 11.2. The van der Waals surface area contributed by atoms with Gasteiger partial charge in [-0.1, -0.05) is 17.7 Å². The predicted octanol–water partition coefficient (Wildman–Crippen LogP) is 4.79. The van der Waals surface area contributed by atoms with Crippen molar-refractivity contribution in [2.75, 3.05) is 0 Å². The third kappa shape index (κ3) is 4.11. The van der Waals surface area contributed by atoms with E-state index in [1.165, 1.54) is 0 Å². The van der Waals surface area contributed by atoms with E-state index in [2.05, 4.69) is 4.98 Å². The molecule has 4 nitrogen and oxygen atoms in total. The van der Waals surface area contributed by atoms with Gasteiger partial charge in [-0.15, -0.1) is 0 Å². The monoisotopic (exact) mass is 329 g/mol. The van der Waals surface area contributed by atoms with Crippen molar-refractivity contribution in [2.45, 2.75) is 25.4 Å². The summed E-state index contributed by atoms with van der Waals surface area (Å²) in [7, 11) is 0. The number of nitrogens with zero attached hydrogens (tertiary/aromatic N) is 1. The van der Waals surface area contributed by atoms with Gasteiger partial charge in [-0.3, -0.25) is 4.98 Å². The number of halogens is 1. The molecule has 0 aliphatic heterocycles. The Morgan fingerprint density at radius 2 is 2.04 bits per heavy atom. The van der Waals surface area contributed by atoms with Crippen LogP contribution in [0.5, 0.6) is 11.5 Å². The maximum Gasteiger partial charge on any atom is 0.338 e. The number of esters is 1. The second kappa shape index (κ2) is 7.29. The molecule has 0 amide bonds. The van der Waals surface area contributed by atoms with Crippen molar-refractivity contribution in [1.29, 1.82) is 0 Å². The number of pyridine rings is 1. The highest BCUT2D eigenvalue weighted by atomic mass is 35.5. The van der Waals surface area contributed by atoms with Crippen LogP contribution in [0.25, 0.3) is 0 Å². The fourth-order valence-corrected chi connectivity index (χ4v) is 2.55. The maximum absolute atomic E-state index is 12.2. The fraction of sp³-hybridized carbons (Fsp3) is 0.222. The number of hydrogen-bond acceptors (Lipinski definition) is 4. The van der Waals surface area contributed by atoms with Crippen LogP contribution in [0.4, 0.5) is 0 Å². The molecule has 1 unspecified atom stereocenters. The summed E-state index contributed by atoms with van der Waals surface area (Å²) in [5.41, 5.74) is 0.413. The van der Waals surface area contributed by atoms with Gasteiger partial charge >= 0.3 is 5.97 Å². The molecule has 1 atom stereocenters. The van der Waals surface area contributed by atoms with Gasteiger partial charge in [0.15, 0.2) is 0 Å². The Morgan fingerprint density at radius 1 is 1.22 bits per heavy atom. The van der Waals surface area contributed by atoms with Gasteiger partial charge in [-0.2, -0.15) is 0 Å². The Labute approximate surface area is 139 Å². The molecule has 118 valence electrons. The lowest BCUT2D eigenvalue weighted by Gasteiger charge is -2.17. The number of carbonyl (C=O) groups is 1. The Hall–Kier alpha value is -2.33. The van der Waals surface area contributed by atoms with Crippen LogP contribution in [0.1, 0.15) is 29.6 Å². The molecule has 3 rings (SSSR count). The molecule has 1 aliphatic carbocycles. The van der Waals surface area contributed by atoms with Gasteiger partial charge < -0.3 is 9.47 Å². The van der Waals surface area contributed by atoms with Gasteiger partial charge in [0.1, 0.15) is 17.6 Å². The van der Waals surface area contributed by atoms with Crippen molar-refractivity contribution in [3.05, 3.63) is 65.5 Å². The highest BCUT2D eigenvalue weighted by molar-refractivity contribution is 6.32. The molecule has 0 saturated heterocycles. The average Bonchev–Trinajstić information content (AvgIpc) is 2.58. The standard InChI is InChI=1S/C18H16ClNO3/c19-16-12-13(18(21)23-14-4-2-1-3-5-14)6-7-17(16)22-15-8-10-20-11-9-15/h2,4,6-12,14H,1,3,5H2. The summed E-state index contributed by atoms with van der Waals surface area (Å²) < 4.78 is 11.1. The summed E-state index contributed by atoms with van der Waals surface area (Å²) in [6.07, 6.45) is 10.0. The lowest BCUT2D eigenvalue weighted by molar-refractivity contribution is 0.0370. The lowest BCUT2D eigenvalue weighted by atomic mass is 10.1. The molecular formula is C18H16ClNO3. The molecular weight excluding hydrogens is 314 g/mol. The average molecular weight is 330 g/mol. The van der Waals surface area contributed by atoms with Crippen LogP contribution in [0.15, 0.2) is 54.9 Å². The smallest absolute Gasteiger partial charge is 0.338 e. The first kappa shape index (κ1) is 15.6. The first-order valence-corrected chi connectivity index (χ1v) is 7.85. The molecule has 1 aromatic heterocycles. The van der Waals surface area contributed by atoms with Crippen molar-refractivity contribution >= 4 is 17.6 Å². The van der Waals surface area contributed by atoms with E-state index < -0.39 is 0 Å². The topological polar surface area (TPSA) is 48.4 Å². The number of aromatic nitrogens is 1. The Bertz CT molecular complexity index is 715. The zero-order chi connectivity index (χ0) is 16.1. The summed E-state index contributed by atoms with van der Waals surface area (Å²) in [5, 5.41) is 0.357. The molecule has 1 aromatic carbocycles. The highest BCUT2D eigenvalue weighted by Gasteiger charge is 2.16. The number of benzene rings is 1. The van der Waals surface area contributed by atoms with E-state index in [0.29, 0.717) is 22.1 Å². The van der Waals surface area contributed by atoms with Crippen LogP contribution in [-0.4, -0.2) is 17.1 Å². The van der Waals surface area contributed by atoms with Crippen molar-refractivity contribution in [2.24, 2.45) is 0 Å². The molecule has 0 N–H and O–H groups in total. The zero-order valence-corrected chi connectivity index (χ0v) is 13.2. The molecule has 5 heteroatoms. The van der Waals surface area contributed by atoms with E-state index in [0.717, 1.165) is 19.3 Å². The van der Waals surface area contributed by atoms with Crippen LogP contribution < -0.4 is 4.74 Å². The molecule has 0 fully saturated rings. The summed E-state index contributed by atoms with van der Waals surface area (Å²) in [6, 6.07) is 8.34. The number of hydrogen-bond donors (Lipinski definition) is 0. The van der Waals surface area contributed by atoms with Crippen LogP contribution >= 0.6 is 11.6 Å². The van der Waals surface area contributed by atoms with E-state index >= 15 is 0 Å². The van der Waals surface area contributed by atoms with Crippen LogP contribution in [0, 0.1) is 0 Å². The maximum atomic E-state index is 12.2. The SMILES string of the molecule is O=C(OC1C=CCCC1)c1ccc(Oc2ccncc2)c(Cl)c1. The largest absolute Gasteiger partial charge is 0.456 e.